The van der Waals surface area contributed by atoms with Gasteiger partial charge in [-0.15, -0.1) is 0 Å². The van der Waals surface area contributed by atoms with Crippen molar-refractivity contribution in [1.82, 2.24) is 0 Å². The Morgan fingerprint density at radius 3 is 1.56 bits per heavy atom. The van der Waals surface area contributed by atoms with Gasteiger partial charge in [-0.25, -0.2) is 8.78 Å². The van der Waals surface area contributed by atoms with Crippen LogP contribution in [0.5, 0.6) is 0 Å². The summed E-state index contributed by atoms with van der Waals surface area (Å²) in [6.45, 7) is 0. The maximum absolute atomic E-state index is 12.4. The summed E-state index contributed by atoms with van der Waals surface area (Å²) in [5.74, 6) is -5.72. The second-order valence-corrected chi connectivity index (χ2v) is 2.96. The largest absolute Gasteiger partial charge is 0.425 e. The molecule has 2 unspecified atom stereocenters. The summed E-state index contributed by atoms with van der Waals surface area (Å²) in [5.41, 5.74) is 0. The van der Waals surface area contributed by atoms with Gasteiger partial charge in [-0.1, -0.05) is 11.6 Å². The summed E-state index contributed by atoms with van der Waals surface area (Å²) in [7, 11) is 0. The Morgan fingerprint density at radius 2 is 1.31 bits per heavy atom. The van der Waals surface area contributed by atoms with Crippen LogP contribution >= 0.6 is 11.6 Å². The lowest BCUT2D eigenvalue weighted by molar-refractivity contribution is -0.255. The smallest absolute Gasteiger partial charge is 0.234 e. The van der Waals surface area contributed by atoms with Gasteiger partial charge in [0.1, 0.15) is 5.03 Å². The van der Waals surface area contributed by atoms with Crippen molar-refractivity contribution in [3.8, 4) is 0 Å². The van der Waals surface area contributed by atoms with Crippen LogP contribution in [-0.4, -0.2) is 24.4 Å². The minimum Gasteiger partial charge on any atom is -0.234 e. The van der Waals surface area contributed by atoms with Crippen LogP contribution in [0.25, 0.3) is 0 Å². The average Bonchev–Trinajstić information content (AvgIpc) is 2.12. The summed E-state index contributed by atoms with van der Waals surface area (Å²) < 4.78 is 107. The van der Waals surface area contributed by atoms with Gasteiger partial charge < -0.3 is 0 Å². The predicted octanol–water partition coefficient (Wildman–Crippen LogP) is 4.21. The fraction of sp³-hybridized carbons (Fsp3) is 0.667. The molecule has 0 aromatic carbocycles. The van der Waals surface area contributed by atoms with Gasteiger partial charge in [0.15, 0.2) is 0 Å². The molecule has 0 aliphatic heterocycles. The molecule has 0 heterocycles. The number of hydrogen-bond acceptors (Lipinski definition) is 0. The molecule has 0 amide bonds. The van der Waals surface area contributed by atoms with Gasteiger partial charge in [0, 0.05) is 0 Å². The van der Waals surface area contributed by atoms with E-state index in [0.717, 1.165) is 0 Å². The number of alkyl halides is 7. The molecule has 16 heavy (non-hydrogen) atoms. The van der Waals surface area contributed by atoms with Crippen molar-refractivity contribution in [3.63, 3.8) is 0 Å². The molecule has 0 nitrogen and oxygen atoms in total. The maximum Gasteiger partial charge on any atom is 0.425 e. The molecule has 96 valence electrons. The van der Waals surface area contributed by atoms with Crippen LogP contribution in [0.1, 0.15) is 0 Å². The minimum atomic E-state index is -6.09. The van der Waals surface area contributed by atoms with Crippen LogP contribution in [0.3, 0.4) is 0 Å². The third-order valence-corrected chi connectivity index (χ3v) is 1.70. The molecule has 0 saturated heterocycles. The molecule has 0 radical (unpaired) electrons. The molecule has 0 bridgehead atoms. The van der Waals surface area contributed by atoms with Crippen LogP contribution in [0.4, 0.5) is 39.5 Å². The molecule has 2 atom stereocenters. The molecule has 0 rings (SSSR count). The zero-order valence-electron chi connectivity index (χ0n) is 6.93. The fourth-order valence-electron chi connectivity index (χ4n) is 0.611. The first-order valence-electron chi connectivity index (χ1n) is 3.35. The first-order valence-corrected chi connectivity index (χ1v) is 3.73. The Bertz CT molecular complexity index is 276. The molecule has 0 aliphatic carbocycles. The van der Waals surface area contributed by atoms with Crippen LogP contribution in [0.15, 0.2) is 11.1 Å². The van der Waals surface area contributed by atoms with Crippen molar-refractivity contribution in [1.29, 1.82) is 0 Å². The van der Waals surface area contributed by atoms with Crippen molar-refractivity contribution >= 4 is 11.6 Å². The van der Waals surface area contributed by atoms with E-state index in [4.69, 9.17) is 0 Å². The standard InChI is InChI=1S/C6H2ClF9/c7-1(3(9)10)2(8)5(12,13)4(11)6(14,15)16/h2,4H. The molecule has 0 N–H and O–H groups in total. The van der Waals surface area contributed by atoms with E-state index in [2.05, 4.69) is 11.6 Å². The zero-order valence-corrected chi connectivity index (χ0v) is 7.69. The SMILES string of the molecule is FC(F)=C(Cl)C(F)C(F)(F)C(F)C(F)(F)F. The van der Waals surface area contributed by atoms with Crippen molar-refractivity contribution in [2.45, 2.75) is 24.4 Å². The van der Waals surface area contributed by atoms with Gasteiger partial charge in [0.25, 0.3) is 12.3 Å². The monoisotopic (exact) mass is 280 g/mol. The number of allylic oxidation sites excluding steroid dienone is 1. The number of hydrogen-bond donors (Lipinski definition) is 0. The molecular weight excluding hydrogens is 279 g/mol. The third-order valence-electron chi connectivity index (χ3n) is 1.37. The molecule has 0 saturated carbocycles. The van der Waals surface area contributed by atoms with E-state index in [0.29, 0.717) is 0 Å². The van der Waals surface area contributed by atoms with E-state index in [9.17, 15) is 39.5 Å². The van der Waals surface area contributed by atoms with Crippen molar-refractivity contribution in [2.24, 2.45) is 0 Å². The van der Waals surface area contributed by atoms with Crippen molar-refractivity contribution in [2.75, 3.05) is 0 Å². The molecule has 0 fully saturated rings. The third kappa shape index (κ3) is 3.19. The normalized spacial score (nSPS) is 16.9. The van der Waals surface area contributed by atoms with Crippen LogP contribution in [-0.2, 0) is 0 Å². The Kier molecular flexibility index (Phi) is 4.55. The van der Waals surface area contributed by atoms with Gasteiger partial charge in [-0.2, -0.15) is 30.7 Å². The van der Waals surface area contributed by atoms with Gasteiger partial charge >= 0.3 is 12.1 Å². The molecule has 0 aliphatic rings. The second kappa shape index (κ2) is 4.72. The summed E-state index contributed by atoms with van der Waals surface area (Å²) in [5, 5.41) is -2.46. The predicted molar refractivity (Wildman–Crippen MR) is 35.9 cm³/mol. The highest BCUT2D eigenvalue weighted by Crippen LogP contribution is 2.41. The second-order valence-electron chi connectivity index (χ2n) is 2.55. The number of rotatable bonds is 3. The van der Waals surface area contributed by atoms with Crippen LogP contribution in [0, 0.1) is 0 Å². The lowest BCUT2D eigenvalue weighted by Gasteiger charge is -2.24. The Morgan fingerprint density at radius 1 is 0.938 bits per heavy atom. The Labute approximate surface area is 87.7 Å². The van der Waals surface area contributed by atoms with Crippen molar-refractivity contribution in [3.05, 3.63) is 11.1 Å². The van der Waals surface area contributed by atoms with Gasteiger partial charge in [0.2, 0.25) is 6.17 Å². The van der Waals surface area contributed by atoms with E-state index in [1.807, 2.05) is 0 Å². The zero-order chi connectivity index (χ0) is 13.3. The highest BCUT2D eigenvalue weighted by molar-refractivity contribution is 6.30. The highest BCUT2D eigenvalue weighted by Gasteiger charge is 2.62. The summed E-state index contributed by atoms with van der Waals surface area (Å²) in [4.78, 5) is 0. The van der Waals surface area contributed by atoms with Gasteiger partial charge in [-0.3, -0.25) is 0 Å². The van der Waals surface area contributed by atoms with Gasteiger partial charge in [-0.05, 0) is 0 Å². The summed E-state index contributed by atoms with van der Waals surface area (Å²) in [6.07, 6.45) is -18.4. The van der Waals surface area contributed by atoms with E-state index in [1.165, 1.54) is 0 Å². The quantitative estimate of drug-likeness (QED) is 0.680. The maximum atomic E-state index is 12.4. The van der Waals surface area contributed by atoms with E-state index < -0.39 is 35.6 Å². The minimum absolute atomic E-state index is 2.46. The molecular formula is C6H2ClF9. The van der Waals surface area contributed by atoms with Gasteiger partial charge in [0.05, 0.1) is 0 Å². The lowest BCUT2D eigenvalue weighted by atomic mass is 10.1. The average molecular weight is 281 g/mol. The van der Waals surface area contributed by atoms with Crippen molar-refractivity contribution < 1.29 is 39.5 Å². The topological polar surface area (TPSA) is 0 Å². The number of halogens is 10. The highest BCUT2D eigenvalue weighted by atomic mass is 35.5. The molecule has 0 spiro atoms. The summed E-state index contributed by atoms with van der Waals surface area (Å²) in [6, 6.07) is 0. The van der Waals surface area contributed by atoms with E-state index in [-0.39, 0.29) is 0 Å². The summed E-state index contributed by atoms with van der Waals surface area (Å²) >= 11 is 4.29. The van der Waals surface area contributed by atoms with E-state index in [1.54, 1.807) is 0 Å². The Balaban J connectivity index is 5.15. The Hall–Kier alpha value is -0.600. The molecule has 0 aromatic heterocycles. The molecule has 10 heteroatoms. The molecule has 0 aromatic rings. The fourth-order valence-corrected chi connectivity index (χ4v) is 0.757. The first-order chi connectivity index (χ1) is 6.92. The van der Waals surface area contributed by atoms with Crippen LogP contribution < -0.4 is 0 Å². The van der Waals surface area contributed by atoms with Crippen LogP contribution in [0.2, 0.25) is 0 Å². The van der Waals surface area contributed by atoms with E-state index >= 15 is 0 Å². The lowest BCUT2D eigenvalue weighted by Crippen LogP contribution is -2.48. The first kappa shape index (κ1) is 15.4.